The van der Waals surface area contributed by atoms with Gasteiger partial charge in [-0.05, 0) is 61.1 Å². The molecular formula is C20H22N2OS. The molecule has 3 rings (SSSR count). The molecule has 1 aliphatic heterocycles. The van der Waals surface area contributed by atoms with Crippen molar-refractivity contribution in [2.45, 2.75) is 38.9 Å². The number of hydrogen-bond donors (Lipinski definition) is 1. The van der Waals surface area contributed by atoms with Crippen molar-refractivity contribution in [3.63, 3.8) is 0 Å². The van der Waals surface area contributed by atoms with Crippen molar-refractivity contribution in [2.24, 2.45) is 4.99 Å². The summed E-state index contributed by atoms with van der Waals surface area (Å²) in [6.45, 7) is 6.34. The Morgan fingerprint density at radius 2 is 1.75 bits per heavy atom. The fraction of sp³-hybridized carbons (Fsp3) is 0.300. The third-order valence-corrected chi connectivity index (χ3v) is 5.43. The molecule has 0 aromatic heterocycles. The third-order valence-electron chi connectivity index (χ3n) is 4.34. The lowest BCUT2D eigenvalue weighted by molar-refractivity contribution is -0.118. The number of carbonyl (C=O) groups is 1. The SMILES string of the molecule is CCc1ccc(N=C2NC(=O)C(Cc3ccc(C)c(C)c3)S2)cc1. The molecule has 3 nitrogen and oxygen atoms in total. The summed E-state index contributed by atoms with van der Waals surface area (Å²) in [6, 6.07) is 14.5. The van der Waals surface area contributed by atoms with Crippen LogP contribution in [0.15, 0.2) is 47.5 Å². The van der Waals surface area contributed by atoms with Gasteiger partial charge in [-0.3, -0.25) is 4.79 Å². The highest BCUT2D eigenvalue weighted by Gasteiger charge is 2.30. The van der Waals surface area contributed by atoms with Crippen molar-refractivity contribution in [3.05, 3.63) is 64.7 Å². The fourth-order valence-electron chi connectivity index (χ4n) is 2.66. The summed E-state index contributed by atoms with van der Waals surface area (Å²) in [5, 5.41) is 3.48. The van der Waals surface area contributed by atoms with Gasteiger partial charge in [0, 0.05) is 0 Å². The Labute approximate surface area is 147 Å². The highest BCUT2D eigenvalue weighted by molar-refractivity contribution is 8.15. The zero-order chi connectivity index (χ0) is 17.1. The highest BCUT2D eigenvalue weighted by Crippen LogP contribution is 2.26. The van der Waals surface area contributed by atoms with Crippen LogP contribution < -0.4 is 5.32 Å². The fourth-order valence-corrected chi connectivity index (χ4v) is 3.69. The van der Waals surface area contributed by atoms with Crippen LogP contribution in [0.2, 0.25) is 0 Å². The molecule has 124 valence electrons. The van der Waals surface area contributed by atoms with Gasteiger partial charge in [-0.15, -0.1) is 0 Å². The Bertz CT molecular complexity index is 781. The van der Waals surface area contributed by atoms with Crippen LogP contribution >= 0.6 is 11.8 Å². The lowest BCUT2D eigenvalue weighted by atomic mass is 10.0. The number of aliphatic imine (C=N–C) groups is 1. The predicted molar refractivity (Wildman–Crippen MR) is 102 cm³/mol. The Morgan fingerprint density at radius 3 is 2.42 bits per heavy atom. The maximum atomic E-state index is 12.2. The van der Waals surface area contributed by atoms with Gasteiger partial charge in [0.25, 0.3) is 0 Å². The first kappa shape index (κ1) is 16.8. The topological polar surface area (TPSA) is 41.5 Å². The number of rotatable bonds is 4. The molecule has 0 spiro atoms. The minimum Gasteiger partial charge on any atom is -0.304 e. The number of amidine groups is 1. The Hall–Kier alpha value is -2.07. The molecule has 1 fully saturated rings. The van der Waals surface area contributed by atoms with Gasteiger partial charge in [-0.2, -0.15) is 0 Å². The second-order valence-electron chi connectivity index (χ2n) is 6.16. The van der Waals surface area contributed by atoms with Crippen LogP contribution in [-0.4, -0.2) is 16.3 Å². The predicted octanol–water partition coefficient (Wildman–Crippen LogP) is 4.33. The molecule has 1 atom stereocenters. The standard InChI is InChI=1S/C20H22N2OS/c1-4-15-7-9-17(10-8-15)21-20-22-19(23)18(24-20)12-16-6-5-13(2)14(3)11-16/h5-11,18H,4,12H2,1-3H3,(H,21,22,23). The molecular weight excluding hydrogens is 316 g/mol. The monoisotopic (exact) mass is 338 g/mol. The summed E-state index contributed by atoms with van der Waals surface area (Å²) >= 11 is 1.52. The van der Waals surface area contributed by atoms with Crippen LogP contribution in [0.25, 0.3) is 0 Å². The van der Waals surface area contributed by atoms with E-state index in [2.05, 4.69) is 61.4 Å². The van der Waals surface area contributed by atoms with Gasteiger partial charge in [0.2, 0.25) is 5.91 Å². The number of amides is 1. The number of nitrogens with zero attached hydrogens (tertiary/aromatic N) is 1. The molecule has 1 amide bonds. The van der Waals surface area contributed by atoms with Gasteiger partial charge >= 0.3 is 0 Å². The summed E-state index contributed by atoms with van der Waals surface area (Å²) < 4.78 is 0. The molecule has 0 bridgehead atoms. The maximum absolute atomic E-state index is 12.2. The number of aryl methyl sites for hydroxylation is 3. The molecule has 0 aliphatic carbocycles. The summed E-state index contributed by atoms with van der Waals surface area (Å²) in [5.74, 6) is 0.0437. The van der Waals surface area contributed by atoms with Crippen molar-refractivity contribution in [3.8, 4) is 0 Å². The molecule has 1 aliphatic rings. The minimum atomic E-state index is -0.110. The van der Waals surface area contributed by atoms with E-state index in [4.69, 9.17) is 0 Å². The number of hydrogen-bond acceptors (Lipinski definition) is 3. The average molecular weight is 338 g/mol. The second kappa shape index (κ2) is 7.22. The Balaban J connectivity index is 1.70. The van der Waals surface area contributed by atoms with Crippen LogP contribution in [-0.2, 0) is 17.6 Å². The number of benzene rings is 2. The van der Waals surface area contributed by atoms with Gasteiger partial charge in [0.15, 0.2) is 5.17 Å². The molecule has 1 unspecified atom stereocenters. The lowest BCUT2D eigenvalue weighted by Crippen LogP contribution is -2.26. The van der Waals surface area contributed by atoms with E-state index >= 15 is 0 Å². The van der Waals surface area contributed by atoms with Crippen molar-refractivity contribution in [1.82, 2.24) is 5.32 Å². The zero-order valence-corrected chi connectivity index (χ0v) is 15.1. The van der Waals surface area contributed by atoms with Crippen molar-refractivity contribution in [2.75, 3.05) is 0 Å². The smallest absolute Gasteiger partial charge is 0.239 e. The lowest BCUT2D eigenvalue weighted by Gasteiger charge is -2.08. The largest absolute Gasteiger partial charge is 0.304 e. The van der Waals surface area contributed by atoms with Crippen LogP contribution in [0.5, 0.6) is 0 Å². The average Bonchev–Trinajstić information content (AvgIpc) is 2.91. The second-order valence-corrected chi connectivity index (χ2v) is 7.35. The van der Waals surface area contributed by atoms with Gasteiger partial charge in [-0.25, -0.2) is 4.99 Å². The van der Waals surface area contributed by atoms with E-state index in [1.54, 1.807) is 0 Å². The molecule has 2 aromatic rings. The van der Waals surface area contributed by atoms with E-state index in [1.807, 2.05) is 12.1 Å². The molecule has 1 saturated heterocycles. The number of nitrogens with one attached hydrogen (secondary N) is 1. The summed E-state index contributed by atoms with van der Waals surface area (Å²) in [4.78, 5) is 16.8. The number of carbonyl (C=O) groups excluding carboxylic acids is 1. The van der Waals surface area contributed by atoms with Crippen molar-refractivity contribution in [1.29, 1.82) is 0 Å². The zero-order valence-electron chi connectivity index (χ0n) is 14.3. The normalized spacial score (nSPS) is 18.9. The molecule has 24 heavy (non-hydrogen) atoms. The minimum absolute atomic E-state index is 0.0437. The van der Waals surface area contributed by atoms with E-state index in [9.17, 15) is 4.79 Å². The van der Waals surface area contributed by atoms with Gasteiger partial charge in [0.05, 0.1) is 10.9 Å². The quantitative estimate of drug-likeness (QED) is 0.901. The van der Waals surface area contributed by atoms with Gasteiger partial charge < -0.3 is 5.32 Å². The molecule has 1 heterocycles. The van der Waals surface area contributed by atoms with Gasteiger partial charge in [-0.1, -0.05) is 49.0 Å². The van der Waals surface area contributed by atoms with E-state index in [0.717, 1.165) is 18.5 Å². The van der Waals surface area contributed by atoms with E-state index < -0.39 is 0 Å². The van der Waals surface area contributed by atoms with Gasteiger partial charge in [0.1, 0.15) is 0 Å². The third kappa shape index (κ3) is 3.88. The Kier molecular flexibility index (Phi) is 5.05. The van der Waals surface area contributed by atoms with Crippen LogP contribution in [0.4, 0.5) is 5.69 Å². The first-order valence-corrected chi connectivity index (χ1v) is 9.14. The Morgan fingerprint density at radius 1 is 1.04 bits per heavy atom. The van der Waals surface area contributed by atoms with E-state index in [1.165, 1.54) is 34.0 Å². The van der Waals surface area contributed by atoms with Crippen molar-refractivity contribution >= 4 is 28.5 Å². The van der Waals surface area contributed by atoms with Crippen LogP contribution in [0.3, 0.4) is 0 Å². The summed E-state index contributed by atoms with van der Waals surface area (Å²) in [6.07, 6.45) is 1.74. The van der Waals surface area contributed by atoms with E-state index in [0.29, 0.717) is 5.17 Å². The first-order valence-electron chi connectivity index (χ1n) is 8.26. The number of thioether (sulfide) groups is 1. The first-order chi connectivity index (χ1) is 11.5. The highest BCUT2D eigenvalue weighted by atomic mass is 32.2. The van der Waals surface area contributed by atoms with E-state index in [-0.39, 0.29) is 11.2 Å². The molecule has 0 saturated carbocycles. The molecule has 2 aromatic carbocycles. The van der Waals surface area contributed by atoms with Crippen LogP contribution in [0, 0.1) is 13.8 Å². The maximum Gasteiger partial charge on any atom is 0.239 e. The van der Waals surface area contributed by atoms with Crippen LogP contribution in [0.1, 0.15) is 29.2 Å². The molecule has 1 N–H and O–H groups in total. The molecule has 0 radical (unpaired) electrons. The summed E-state index contributed by atoms with van der Waals surface area (Å²) in [5.41, 5.74) is 5.90. The summed E-state index contributed by atoms with van der Waals surface area (Å²) in [7, 11) is 0. The molecule has 4 heteroatoms. The van der Waals surface area contributed by atoms with Crippen molar-refractivity contribution < 1.29 is 4.79 Å².